The van der Waals surface area contributed by atoms with Crippen molar-refractivity contribution in [3.63, 3.8) is 0 Å². The lowest BCUT2D eigenvalue weighted by Gasteiger charge is -2.13. The highest BCUT2D eigenvalue weighted by Gasteiger charge is 2.19. The van der Waals surface area contributed by atoms with Crippen molar-refractivity contribution in [1.29, 1.82) is 0 Å². The van der Waals surface area contributed by atoms with Crippen LogP contribution in [0, 0.1) is 13.8 Å². The summed E-state index contributed by atoms with van der Waals surface area (Å²) in [7, 11) is 0. The molecular weight excluding hydrogens is 364 g/mol. The first-order valence-corrected chi connectivity index (χ1v) is 9.36. The zero-order chi connectivity index (χ0) is 19.0. The molecule has 0 unspecified atom stereocenters. The van der Waals surface area contributed by atoms with E-state index in [0.29, 0.717) is 35.5 Å². The van der Waals surface area contributed by atoms with Crippen LogP contribution in [0.1, 0.15) is 21.9 Å². The summed E-state index contributed by atoms with van der Waals surface area (Å²) in [4.78, 5) is 16.4. The van der Waals surface area contributed by atoms with Crippen LogP contribution in [0.2, 0.25) is 0 Å². The van der Waals surface area contributed by atoms with Crippen molar-refractivity contribution < 1.29 is 13.9 Å². The van der Waals surface area contributed by atoms with Crippen molar-refractivity contribution in [3.05, 3.63) is 68.2 Å². The Morgan fingerprint density at radius 3 is 2.81 bits per heavy atom. The number of furan rings is 1. The van der Waals surface area contributed by atoms with Crippen LogP contribution in [-0.2, 0) is 13.1 Å². The van der Waals surface area contributed by atoms with Crippen LogP contribution in [0.25, 0.3) is 22.2 Å². The first-order chi connectivity index (χ1) is 13.0. The standard InChI is InChI=1S/C20H18N2O4S/c1-11-6-18(23)26-20-14(11)7-15(17-10-27-12(2)22-17)19(24)16(20)9-21-8-13-4-3-5-25-13/h3-7,10,21,24H,8-9H2,1-2H3. The molecule has 2 N–H and O–H groups in total. The van der Waals surface area contributed by atoms with Gasteiger partial charge >= 0.3 is 5.63 Å². The van der Waals surface area contributed by atoms with Crippen LogP contribution < -0.4 is 10.9 Å². The van der Waals surface area contributed by atoms with E-state index in [4.69, 9.17) is 8.83 Å². The summed E-state index contributed by atoms with van der Waals surface area (Å²) in [6.07, 6.45) is 1.61. The van der Waals surface area contributed by atoms with Crippen molar-refractivity contribution in [2.24, 2.45) is 0 Å². The van der Waals surface area contributed by atoms with E-state index in [9.17, 15) is 9.90 Å². The number of phenolic OH excluding ortho intramolecular Hbond substituents is 1. The Labute approximate surface area is 159 Å². The van der Waals surface area contributed by atoms with E-state index in [1.165, 1.54) is 17.4 Å². The minimum Gasteiger partial charge on any atom is -0.507 e. The van der Waals surface area contributed by atoms with Crippen molar-refractivity contribution in [1.82, 2.24) is 10.3 Å². The normalized spacial score (nSPS) is 11.3. The number of aryl methyl sites for hydroxylation is 2. The molecule has 0 aliphatic heterocycles. The molecule has 0 aliphatic carbocycles. The molecule has 3 aromatic heterocycles. The van der Waals surface area contributed by atoms with Crippen LogP contribution in [0.15, 0.2) is 49.5 Å². The number of aromatic nitrogens is 1. The van der Waals surface area contributed by atoms with Gasteiger partial charge in [-0.2, -0.15) is 0 Å². The lowest BCUT2D eigenvalue weighted by molar-refractivity contribution is 0.454. The zero-order valence-electron chi connectivity index (χ0n) is 14.9. The minimum absolute atomic E-state index is 0.0634. The van der Waals surface area contributed by atoms with Crippen LogP contribution in [0.4, 0.5) is 0 Å². The minimum atomic E-state index is -0.441. The zero-order valence-corrected chi connectivity index (χ0v) is 15.7. The first-order valence-electron chi connectivity index (χ1n) is 8.48. The average Bonchev–Trinajstić information content (AvgIpc) is 3.28. The van der Waals surface area contributed by atoms with E-state index in [1.807, 2.05) is 37.4 Å². The second kappa shape index (κ2) is 7.02. The molecule has 0 saturated carbocycles. The number of hydrogen-bond acceptors (Lipinski definition) is 7. The third-order valence-electron chi connectivity index (χ3n) is 4.39. The number of benzene rings is 1. The molecule has 7 heteroatoms. The fourth-order valence-corrected chi connectivity index (χ4v) is 3.69. The van der Waals surface area contributed by atoms with Crippen LogP contribution in [0.5, 0.6) is 5.75 Å². The van der Waals surface area contributed by atoms with Crippen LogP contribution >= 0.6 is 11.3 Å². The molecule has 4 rings (SSSR count). The fourth-order valence-electron chi connectivity index (χ4n) is 3.08. The molecule has 0 radical (unpaired) electrons. The first kappa shape index (κ1) is 17.5. The molecule has 0 atom stereocenters. The third kappa shape index (κ3) is 3.39. The van der Waals surface area contributed by atoms with Crippen LogP contribution in [0.3, 0.4) is 0 Å². The predicted molar refractivity (Wildman–Crippen MR) is 104 cm³/mol. The highest BCUT2D eigenvalue weighted by molar-refractivity contribution is 7.09. The molecule has 4 aromatic rings. The Morgan fingerprint density at radius 1 is 1.26 bits per heavy atom. The molecule has 6 nitrogen and oxygen atoms in total. The molecule has 138 valence electrons. The average molecular weight is 382 g/mol. The van der Waals surface area contributed by atoms with E-state index >= 15 is 0 Å². The SMILES string of the molecule is Cc1nc(-c2cc3c(C)cc(=O)oc3c(CNCc3ccco3)c2O)cs1. The lowest BCUT2D eigenvalue weighted by atomic mass is 10.00. The molecule has 1 aromatic carbocycles. The summed E-state index contributed by atoms with van der Waals surface area (Å²) < 4.78 is 10.8. The van der Waals surface area contributed by atoms with Crippen LogP contribution in [-0.4, -0.2) is 10.1 Å². The summed E-state index contributed by atoms with van der Waals surface area (Å²) in [6, 6.07) is 6.96. The summed E-state index contributed by atoms with van der Waals surface area (Å²) >= 11 is 1.52. The van der Waals surface area contributed by atoms with E-state index in [-0.39, 0.29) is 5.75 Å². The summed E-state index contributed by atoms with van der Waals surface area (Å²) in [5, 5.41) is 17.8. The highest BCUT2D eigenvalue weighted by Crippen LogP contribution is 2.38. The Bertz CT molecular complexity index is 1160. The number of nitrogens with one attached hydrogen (secondary N) is 1. The Morgan fingerprint density at radius 2 is 2.11 bits per heavy atom. The van der Waals surface area contributed by atoms with Gasteiger partial charge in [0, 0.05) is 28.9 Å². The second-order valence-electron chi connectivity index (χ2n) is 6.31. The number of thiazole rings is 1. The fraction of sp³-hybridized carbons (Fsp3) is 0.200. The third-order valence-corrected chi connectivity index (χ3v) is 5.16. The van der Waals surface area contributed by atoms with Gasteiger partial charge in [0.2, 0.25) is 0 Å². The van der Waals surface area contributed by atoms with Gasteiger partial charge in [0.25, 0.3) is 0 Å². The maximum Gasteiger partial charge on any atom is 0.336 e. The number of phenols is 1. The van der Waals surface area contributed by atoms with Gasteiger partial charge < -0.3 is 19.3 Å². The number of fused-ring (bicyclic) bond motifs is 1. The maximum atomic E-state index is 11.9. The number of rotatable bonds is 5. The van der Waals surface area contributed by atoms with E-state index in [1.54, 1.807) is 6.26 Å². The van der Waals surface area contributed by atoms with Gasteiger partial charge in [0.1, 0.15) is 17.1 Å². The van der Waals surface area contributed by atoms with Crippen molar-refractivity contribution in [2.75, 3.05) is 0 Å². The van der Waals surface area contributed by atoms with Gasteiger partial charge in [-0.15, -0.1) is 11.3 Å². The van der Waals surface area contributed by atoms with E-state index < -0.39 is 5.63 Å². The lowest BCUT2D eigenvalue weighted by Crippen LogP contribution is -2.13. The van der Waals surface area contributed by atoms with Gasteiger partial charge in [-0.3, -0.25) is 0 Å². The summed E-state index contributed by atoms with van der Waals surface area (Å²) in [5.74, 6) is 0.844. The van der Waals surface area contributed by atoms with Crippen molar-refractivity contribution in [3.8, 4) is 17.0 Å². The van der Waals surface area contributed by atoms with Gasteiger partial charge in [-0.05, 0) is 37.6 Å². The molecule has 0 bridgehead atoms. The smallest absolute Gasteiger partial charge is 0.336 e. The van der Waals surface area contributed by atoms with Gasteiger partial charge in [0.15, 0.2) is 0 Å². The quantitative estimate of drug-likeness (QED) is 0.505. The Kier molecular flexibility index (Phi) is 4.55. The number of nitrogens with zero attached hydrogens (tertiary/aromatic N) is 1. The molecule has 27 heavy (non-hydrogen) atoms. The Balaban J connectivity index is 1.83. The highest BCUT2D eigenvalue weighted by atomic mass is 32.1. The number of aromatic hydroxyl groups is 1. The summed E-state index contributed by atoms with van der Waals surface area (Å²) in [6.45, 7) is 4.57. The molecule has 0 spiro atoms. The maximum absolute atomic E-state index is 11.9. The Hall–Kier alpha value is -2.90. The predicted octanol–water partition coefficient (Wildman–Crippen LogP) is 4.12. The number of hydrogen-bond donors (Lipinski definition) is 2. The summed E-state index contributed by atoms with van der Waals surface area (Å²) in [5.41, 5.74) is 2.60. The van der Waals surface area contributed by atoms with Gasteiger partial charge in [0.05, 0.1) is 29.1 Å². The van der Waals surface area contributed by atoms with Crippen molar-refractivity contribution in [2.45, 2.75) is 26.9 Å². The topological polar surface area (TPSA) is 88.5 Å². The van der Waals surface area contributed by atoms with Gasteiger partial charge in [-0.25, -0.2) is 9.78 Å². The molecule has 0 saturated heterocycles. The monoisotopic (exact) mass is 382 g/mol. The molecule has 3 heterocycles. The van der Waals surface area contributed by atoms with Gasteiger partial charge in [-0.1, -0.05) is 0 Å². The second-order valence-corrected chi connectivity index (χ2v) is 7.37. The molecule has 0 fully saturated rings. The van der Waals surface area contributed by atoms with Crippen molar-refractivity contribution >= 4 is 22.3 Å². The molecule has 0 aliphatic rings. The van der Waals surface area contributed by atoms with E-state index in [2.05, 4.69) is 10.3 Å². The molecular formula is C20H18N2O4S. The van der Waals surface area contributed by atoms with E-state index in [0.717, 1.165) is 21.7 Å². The molecule has 0 amide bonds. The largest absolute Gasteiger partial charge is 0.507 e.